The molecular weight excluding hydrogens is 326 g/mol. The first-order valence-electron chi connectivity index (χ1n) is 7.39. The van der Waals surface area contributed by atoms with Gasteiger partial charge in [0.05, 0.1) is 5.69 Å². The summed E-state index contributed by atoms with van der Waals surface area (Å²) < 4.78 is 4.96. The Morgan fingerprint density at radius 1 is 1.04 bits per heavy atom. The van der Waals surface area contributed by atoms with E-state index in [9.17, 15) is 19.2 Å². The first-order valence-corrected chi connectivity index (χ1v) is 7.39. The second-order valence-corrected chi connectivity index (χ2v) is 5.21. The Balaban J connectivity index is 2.15. The average molecular weight is 343 g/mol. The number of carbonyl (C=O) groups excluding carboxylic acids is 4. The Kier molecular flexibility index (Phi) is 5.67. The number of esters is 1. The highest BCUT2D eigenvalue weighted by Gasteiger charge is 2.16. The fourth-order valence-electron chi connectivity index (χ4n) is 2.11. The standard InChI is InChI=1S/C17H17N3O5/c1-10(21)19-12-5-6-13(15(8-12)20-11(2)22)16(23)9-25-17(24)14-4-3-7-18-14/h3-8,18H,9H2,1-2H3,(H,19,21)(H,20,22). The average Bonchev–Trinajstić information content (AvgIpc) is 3.06. The number of amides is 2. The van der Waals surface area contributed by atoms with Crippen LogP contribution in [0.25, 0.3) is 0 Å². The Hall–Kier alpha value is -3.42. The lowest BCUT2D eigenvalue weighted by Crippen LogP contribution is -2.18. The van der Waals surface area contributed by atoms with Gasteiger partial charge in [0.2, 0.25) is 17.6 Å². The van der Waals surface area contributed by atoms with Crippen molar-refractivity contribution in [3.05, 3.63) is 47.8 Å². The summed E-state index contributed by atoms with van der Waals surface area (Å²) in [4.78, 5) is 49.2. The van der Waals surface area contributed by atoms with Gasteiger partial charge in [-0.05, 0) is 30.3 Å². The van der Waals surface area contributed by atoms with E-state index < -0.39 is 18.4 Å². The van der Waals surface area contributed by atoms with Gasteiger partial charge >= 0.3 is 5.97 Å². The van der Waals surface area contributed by atoms with Gasteiger partial charge in [-0.25, -0.2) is 4.79 Å². The molecule has 25 heavy (non-hydrogen) atoms. The van der Waals surface area contributed by atoms with E-state index in [1.54, 1.807) is 12.3 Å². The lowest BCUT2D eigenvalue weighted by Gasteiger charge is -2.12. The summed E-state index contributed by atoms with van der Waals surface area (Å²) in [6.45, 7) is 2.16. The van der Waals surface area contributed by atoms with Crippen LogP contribution in [0, 0.1) is 0 Å². The zero-order valence-corrected chi connectivity index (χ0v) is 13.7. The van der Waals surface area contributed by atoms with E-state index in [-0.39, 0.29) is 28.8 Å². The monoisotopic (exact) mass is 343 g/mol. The van der Waals surface area contributed by atoms with E-state index in [0.29, 0.717) is 5.69 Å². The van der Waals surface area contributed by atoms with Gasteiger partial charge in [0.15, 0.2) is 6.61 Å². The molecular formula is C17H17N3O5. The molecule has 3 N–H and O–H groups in total. The molecule has 0 spiro atoms. The lowest BCUT2D eigenvalue weighted by molar-refractivity contribution is -0.115. The maximum Gasteiger partial charge on any atom is 0.355 e. The van der Waals surface area contributed by atoms with Gasteiger partial charge in [0, 0.05) is 31.3 Å². The summed E-state index contributed by atoms with van der Waals surface area (Å²) in [7, 11) is 0. The van der Waals surface area contributed by atoms with Crippen molar-refractivity contribution in [2.45, 2.75) is 13.8 Å². The van der Waals surface area contributed by atoms with Crippen LogP contribution in [0.15, 0.2) is 36.5 Å². The Morgan fingerprint density at radius 3 is 2.36 bits per heavy atom. The molecule has 8 heteroatoms. The number of H-pyrrole nitrogens is 1. The van der Waals surface area contributed by atoms with Gasteiger partial charge in [0.25, 0.3) is 0 Å². The first-order chi connectivity index (χ1) is 11.9. The number of Topliss-reactive ketones (excluding diaryl/α,β-unsaturated/α-hetero) is 1. The smallest absolute Gasteiger partial charge is 0.355 e. The van der Waals surface area contributed by atoms with Gasteiger partial charge in [-0.3, -0.25) is 14.4 Å². The van der Waals surface area contributed by atoms with E-state index in [2.05, 4.69) is 15.6 Å². The highest BCUT2D eigenvalue weighted by Crippen LogP contribution is 2.22. The third kappa shape index (κ3) is 5.03. The minimum absolute atomic E-state index is 0.170. The second-order valence-electron chi connectivity index (χ2n) is 5.21. The maximum absolute atomic E-state index is 12.3. The van der Waals surface area contributed by atoms with Gasteiger partial charge in [0.1, 0.15) is 5.69 Å². The predicted octanol–water partition coefficient (Wildman–Crippen LogP) is 1.97. The molecule has 0 aliphatic carbocycles. The van der Waals surface area contributed by atoms with Crippen molar-refractivity contribution in [1.29, 1.82) is 0 Å². The molecule has 0 aliphatic heterocycles. The summed E-state index contributed by atoms with van der Waals surface area (Å²) in [6.07, 6.45) is 1.56. The number of ketones is 1. The highest BCUT2D eigenvalue weighted by atomic mass is 16.5. The molecule has 130 valence electrons. The SMILES string of the molecule is CC(=O)Nc1ccc(C(=O)COC(=O)c2ccc[nH]2)c(NC(C)=O)c1. The molecule has 2 amide bonds. The second kappa shape index (κ2) is 7.91. The number of aromatic nitrogens is 1. The third-order valence-electron chi connectivity index (χ3n) is 3.10. The van der Waals surface area contributed by atoms with E-state index in [4.69, 9.17) is 4.74 Å². The summed E-state index contributed by atoms with van der Waals surface area (Å²) in [5.41, 5.74) is 1.05. The van der Waals surface area contributed by atoms with E-state index in [1.807, 2.05) is 0 Å². The third-order valence-corrected chi connectivity index (χ3v) is 3.10. The number of anilines is 2. The molecule has 8 nitrogen and oxygen atoms in total. The number of rotatable bonds is 6. The topological polar surface area (TPSA) is 117 Å². The van der Waals surface area contributed by atoms with Crippen LogP contribution in [-0.4, -0.2) is 35.2 Å². The molecule has 0 aliphatic rings. The van der Waals surface area contributed by atoms with Crippen molar-refractivity contribution < 1.29 is 23.9 Å². The largest absolute Gasteiger partial charge is 0.453 e. The van der Waals surface area contributed by atoms with Gasteiger partial charge in [-0.1, -0.05) is 0 Å². The summed E-state index contributed by atoms with van der Waals surface area (Å²) in [5.74, 6) is -1.81. The molecule has 1 heterocycles. The number of benzene rings is 1. The van der Waals surface area contributed by atoms with Crippen LogP contribution in [0.1, 0.15) is 34.7 Å². The molecule has 0 fully saturated rings. The Bertz CT molecular complexity index is 812. The van der Waals surface area contributed by atoms with Gasteiger partial charge in [-0.2, -0.15) is 0 Å². The van der Waals surface area contributed by atoms with Crippen molar-refractivity contribution in [2.75, 3.05) is 17.2 Å². The van der Waals surface area contributed by atoms with Gasteiger partial charge in [-0.15, -0.1) is 0 Å². The zero-order chi connectivity index (χ0) is 18.4. The van der Waals surface area contributed by atoms with E-state index >= 15 is 0 Å². The number of nitrogens with one attached hydrogen (secondary N) is 3. The Labute approximate surface area is 143 Å². The van der Waals surface area contributed by atoms with Crippen LogP contribution in [0.2, 0.25) is 0 Å². The summed E-state index contributed by atoms with van der Waals surface area (Å²) in [5, 5.41) is 5.09. The number of hydrogen-bond acceptors (Lipinski definition) is 5. The van der Waals surface area contributed by atoms with Crippen molar-refractivity contribution in [3.63, 3.8) is 0 Å². The minimum Gasteiger partial charge on any atom is -0.453 e. The van der Waals surface area contributed by atoms with Crippen LogP contribution in [0.3, 0.4) is 0 Å². The van der Waals surface area contributed by atoms with Crippen LogP contribution in [0.4, 0.5) is 11.4 Å². The zero-order valence-electron chi connectivity index (χ0n) is 13.7. The molecule has 1 aromatic carbocycles. The van der Waals surface area contributed by atoms with Crippen LogP contribution in [0.5, 0.6) is 0 Å². The number of aromatic amines is 1. The normalized spacial score (nSPS) is 10.0. The van der Waals surface area contributed by atoms with Crippen molar-refractivity contribution in [3.8, 4) is 0 Å². The lowest BCUT2D eigenvalue weighted by atomic mass is 10.1. The summed E-state index contributed by atoms with van der Waals surface area (Å²) >= 11 is 0. The summed E-state index contributed by atoms with van der Waals surface area (Å²) in [6, 6.07) is 7.59. The molecule has 1 aromatic heterocycles. The van der Waals surface area contributed by atoms with E-state index in [0.717, 1.165) is 0 Å². The molecule has 0 atom stereocenters. The van der Waals surface area contributed by atoms with Crippen LogP contribution >= 0.6 is 0 Å². The molecule has 0 radical (unpaired) electrons. The van der Waals surface area contributed by atoms with Crippen LogP contribution in [-0.2, 0) is 14.3 Å². The molecule has 0 unspecified atom stereocenters. The molecule has 0 saturated carbocycles. The quantitative estimate of drug-likeness (QED) is 0.547. The van der Waals surface area contributed by atoms with E-state index in [1.165, 1.54) is 38.1 Å². The number of ether oxygens (including phenoxy) is 1. The molecule has 0 saturated heterocycles. The number of hydrogen-bond donors (Lipinski definition) is 3. The van der Waals surface area contributed by atoms with Gasteiger partial charge < -0.3 is 20.4 Å². The fourth-order valence-corrected chi connectivity index (χ4v) is 2.11. The molecule has 0 bridgehead atoms. The highest BCUT2D eigenvalue weighted by molar-refractivity contribution is 6.07. The molecule has 2 rings (SSSR count). The van der Waals surface area contributed by atoms with Crippen molar-refractivity contribution >= 4 is 34.9 Å². The fraction of sp³-hybridized carbons (Fsp3) is 0.176. The maximum atomic E-state index is 12.3. The minimum atomic E-state index is -0.658. The predicted molar refractivity (Wildman–Crippen MR) is 90.5 cm³/mol. The number of carbonyl (C=O) groups is 4. The van der Waals surface area contributed by atoms with Crippen LogP contribution < -0.4 is 10.6 Å². The van der Waals surface area contributed by atoms with Crippen molar-refractivity contribution in [2.24, 2.45) is 0 Å². The van der Waals surface area contributed by atoms with Crippen molar-refractivity contribution in [1.82, 2.24) is 4.98 Å². The Morgan fingerprint density at radius 2 is 1.76 bits per heavy atom. The first kappa shape index (κ1) is 17.9. The molecule has 2 aromatic rings.